The number of rotatable bonds is 6. The molecule has 3 heterocycles. The van der Waals surface area contributed by atoms with E-state index in [0.717, 1.165) is 39.3 Å². The standard InChI is InChI=1S/C15H21N5O3/c21-14(16-4-2-5-18-7-9-23-10-8-18)11-20-15(22)13-3-1-6-19(13)12-17-20/h1,3,6,12H,2,4-5,7-11H2,(H,16,21). The van der Waals surface area contributed by atoms with Gasteiger partial charge in [0.25, 0.3) is 5.56 Å². The summed E-state index contributed by atoms with van der Waals surface area (Å²) in [6.45, 7) is 4.94. The lowest BCUT2D eigenvalue weighted by Gasteiger charge is -2.26. The number of nitrogens with zero attached hydrogens (tertiary/aromatic N) is 4. The zero-order valence-corrected chi connectivity index (χ0v) is 13.0. The fraction of sp³-hybridized carbons (Fsp3) is 0.533. The average molecular weight is 319 g/mol. The summed E-state index contributed by atoms with van der Waals surface area (Å²) in [5, 5.41) is 6.84. The molecule has 0 saturated carbocycles. The van der Waals surface area contributed by atoms with Crippen molar-refractivity contribution in [2.24, 2.45) is 0 Å². The SMILES string of the molecule is O=C(Cn1ncn2cccc2c1=O)NCCCN1CCOCC1. The van der Waals surface area contributed by atoms with Gasteiger partial charge in [0.15, 0.2) is 0 Å². The van der Waals surface area contributed by atoms with Crippen molar-refractivity contribution in [3.63, 3.8) is 0 Å². The van der Waals surface area contributed by atoms with Gasteiger partial charge in [-0.15, -0.1) is 0 Å². The van der Waals surface area contributed by atoms with Crippen molar-refractivity contribution in [2.45, 2.75) is 13.0 Å². The van der Waals surface area contributed by atoms with Gasteiger partial charge in [-0.25, -0.2) is 4.68 Å². The van der Waals surface area contributed by atoms with Crippen molar-refractivity contribution < 1.29 is 9.53 Å². The minimum absolute atomic E-state index is 0.0575. The van der Waals surface area contributed by atoms with E-state index >= 15 is 0 Å². The molecule has 124 valence electrons. The smallest absolute Gasteiger partial charge is 0.291 e. The van der Waals surface area contributed by atoms with Gasteiger partial charge in [0.2, 0.25) is 5.91 Å². The topological polar surface area (TPSA) is 80.9 Å². The molecule has 0 aromatic carbocycles. The van der Waals surface area contributed by atoms with Crippen molar-refractivity contribution in [3.05, 3.63) is 35.0 Å². The summed E-state index contributed by atoms with van der Waals surface area (Å²) in [5.41, 5.74) is 0.251. The van der Waals surface area contributed by atoms with Crippen LogP contribution in [-0.4, -0.2) is 64.4 Å². The Bertz CT molecular complexity index is 717. The van der Waals surface area contributed by atoms with Gasteiger partial charge in [-0.3, -0.25) is 14.5 Å². The van der Waals surface area contributed by atoms with E-state index in [2.05, 4.69) is 15.3 Å². The fourth-order valence-electron chi connectivity index (χ4n) is 2.64. The van der Waals surface area contributed by atoms with Crippen molar-refractivity contribution >= 4 is 11.4 Å². The molecule has 1 N–H and O–H groups in total. The summed E-state index contributed by atoms with van der Waals surface area (Å²) < 4.78 is 8.12. The normalized spacial score (nSPS) is 15.8. The number of morpholine rings is 1. The van der Waals surface area contributed by atoms with Crippen LogP contribution in [0.3, 0.4) is 0 Å². The zero-order valence-electron chi connectivity index (χ0n) is 13.0. The highest BCUT2D eigenvalue weighted by atomic mass is 16.5. The lowest BCUT2D eigenvalue weighted by atomic mass is 10.3. The summed E-state index contributed by atoms with van der Waals surface area (Å²) >= 11 is 0. The average Bonchev–Trinajstić information content (AvgIpc) is 3.05. The molecule has 0 unspecified atom stereocenters. The Morgan fingerprint density at radius 1 is 1.35 bits per heavy atom. The van der Waals surface area contributed by atoms with Gasteiger partial charge >= 0.3 is 0 Å². The Kier molecular flexibility index (Phi) is 5.04. The number of ether oxygens (including phenoxy) is 1. The summed E-state index contributed by atoms with van der Waals surface area (Å²) in [5.74, 6) is -0.197. The van der Waals surface area contributed by atoms with E-state index < -0.39 is 0 Å². The van der Waals surface area contributed by atoms with Gasteiger partial charge in [0.1, 0.15) is 18.4 Å². The summed E-state index contributed by atoms with van der Waals surface area (Å²) in [4.78, 5) is 26.4. The van der Waals surface area contributed by atoms with E-state index in [-0.39, 0.29) is 18.0 Å². The second-order valence-electron chi connectivity index (χ2n) is 5.55. The zero-order chi connectivity index (χ0) is 16.1. The second-order valence-corrected chi connectivity index (χ2v) is 5.55. The van der Waals surface area contributed by atoms with Gasteiger partial charge in [0.05, 0.1) is 13.2 Å². The Balaban J connectivity index is 1.45. The van der Waals surface area contributed by atoms with E-state index in [4.69, 9.17) is 4.74 Å². The molecule has 1 aliphatic heterocycles. The highest BCUT2D eigenvalue weighted by molar-refractivity contribution is 5.75. The maximum Gasteiger partial charge on any atom is 0.291 e. The van der Waals surface area contributed by atoms with E-state index in [1.165, 1.54) is 11.0 Å². The second kappa shape index (κ2) is 7.38. The summed E-state index contributed by atoms with van der Waals surface area (Å²) in [7, 11) is 0. The van der Waals surface area contributed by atoms with E-state index in [9.17, 15) is 9.59 Å². The number of hydrogen-bond acceptors (Lipinski definition) is 5. The lowest BCUT2D eigenvalue weighted by Crippen LogP contribution is -2.39. The van der Waals surface area contributed by atoms with Crippen molar-refractivity contribution in [1.82, 2.24) is 24.4 Å². The number of hydrogen-bond donors (Lipinski definition) is 1. The largest absolute Gasteiger partial charge is 0.379 e. The Labute approximate surface area is 133 Å². The third kappa shape index (κ3) is 3.96. The molecule has 23 heavy (non-hydrogen) atoms. The summed E-state index contributed by atoms with van der Waals surface area (Å²) in [6.07, 6.45) is 4.16. The quantitative estimate of drug-likeness (QED) is 0.715. The monoisotopic (exact) mass is 319 g/mol. The van der Waals surface area contributed by atoms with Crippen LogP contribution in [0.4, 0.5) is 0 Å². The van der Waals surface area contributed by atoms with E-state index in [1.807, 2.05) is 0 Å². The van der Waals surface area contributed by atoms with Crippen LogP contribution in [0.2, 0.25) is 0 Å². The molecule has 0 atom stereocenters. The first-order chi connectivity index (χ1) is 11.2. The third-order valence-corrected chi connectivity index (χ3v) is 3.92. The van der Waals surface area contributed by atoms with Gasteiger partial charge in [0, 0.05) is 25.8 Å². The number of nitrogens with one attached hydrogen (secondary N) is 1. The van der Waals surface area contributed by atoms with Crippen LogP contribution in [0, 0.1) is 0 Å². The first-order valence-electron chi connectivity index (χ1n) is 7.83. The minimum atomic E-state index is -0.263. The van der Waals surface area contributed by atoms with E-state index in [1.54, 1.807) is 22.7 Å². The molecule has 2 aromatic rings. The highest BCUT2D eigenvalue weighted by Gasteiger charge is 2.10. The van der Waals surface area contributed by atoms with Gasteiger partial charge < -0.3 is 14.5 Å². The lowest BCUT2D eigenvalue weighted by molar-refractivity contribution is -0.121. The molecule has 0 aliphatic carbocycles. The minimum Gasteiger partial charge on any atom is -0.379 e. The third-order valence-electron chi connectivity index (χ3n) is 3.92. The van der Waals surface area contributed by atoms with Crippen molar-refractivity contribution in [2.75, 3.05) is 39.4 Å². The Morgan fingerprint density at radius 2 is 2.17 bits per heavy atom. The number of carbonyl (C=O) groups excluding carboxylic acids is 1. The molecule has 8 nitrogen and oxygen atoms in total. The molecule has 0 spiro atoms. The van der Waals surface area contributed by atoms with E-state index in [0.29, 0.717) is 12.1 Å². The maximum absolute atomic E-state index is 12.1. The molecule has 1 amide bonds. The number of carbonyl (C=O) groups is 1. The van der Waals surface area contributed by atoms with Gasteiger partial charge in [-0.1, -0.05) is 0 Å². The van der Waals surface area contributed by atoms with Crippen LogP contribution in [0.1, 0.15) is 6.42 Å². The number of aromatic nitrogens is 3. The maximum atomic E-state index is 12.1. The van der Waals surface area contributed by atoms with Crippen LogP contribution < -0.4 is 10.9 Å². The molecular weight excluding hydrogens is 298 g/mol. The molecule has 0 radical (unpaired) electrons. The predicted molar refractivity (Wildman–Crippen MR) is 84.3 cm³/mol. The van der Waals surface area contributed by atoms with Gasteiger partial charge in [-0.2, -0.15) is 5.10 Å². The molecule has 3 rings (SSSR count). The van der Waals surface area contributed by atoms with Crippen LogP contribution in [0.25, 0.3) is 5.52 Å². The first-order valence-corrected chi connectivity index (χ1v) is 7.83. The molecule has 8 heteroatoms. The summed E-state index contributed by atoms with van der Waals surface area (Å²) in [6, 6.07) is 3.48. The molecule has 1 aliphatic rings. The van der Waals surface area contributed by atoms with Crippen LogP contribution in [0.15, 0.2) is 29.5 Å². The highest BCUT2D eigenvalue weighted by Crippen LogP contribution is 1.97. The van der Waals surface area contributed by atoms with Crippen LogP contribution in [0.5, 0.6) is 0 Å². The number of fused-ring (bicyclic) bond motifs is 1. The van der Waals surface area contributed by atoms with Crippen molar-refractivity contribution in [1.29, 1.82) is 0 Å². The predicted octanol–water partition coefficient (Wildman–Crippen LogP) is -0.665. The molecule has 2 aromatic heterocycles. The number of amides is 1. The van der Waals surface area contributed by atoms with Crippen molar-refractivity contribution in [3.8, 4) is 0 Å². The van der Waals surface area contributed by atoms with Crippen LogP contribution >= 0.6 is 0 Å². The Hall–Kier alpha value is -2.19. The molecular formula is C15H21N5O3. The molecule has 0 bridgehead atoms. The van der Waals surface area contributed by atoms with Gasteiger partial charge in [-0.05, 0) is 25.1 Å². The first kappa shape index (κ1) is 15.7. The molecule has 1 saturated heterocycles. The Morgan fingerprint density at radius 3 is 3.00 bits per heavy atom. The molecule has 1 fully saturated rings. The fourth-order valence-corrected chi connectivity index (χ4v) is 2.64. The van der Waals surface area contributed by atoms with Crippen LogP contribution in [-0.2, 0) is 16.1 Å².